The molecule has 1 radical (unpaired) electrons. The predicted octanol–water partition coefficient (Wildman–Crippen LogP) is 2.18. The van der Waals surface area contributed by atoms with Gasteiger partial charge in [0.1, 0.15) is 0 Å². The molecular formula is C6F5Ru. The molecule has 0 N–H and O–H groups in total. The van der Waals surface area contributed by atoms with Gasteiger partial charge in [-0.25, -0.2) is 13.2 Å². The molecule has 1 aromatic rings. The molecule has 67 valence electrons. The monoisotopic (exact) mass is 269 g/mol. The maximum atomic E-state index is 12.0. The van der Waals surface area contributed by atoms with E-state index in [9.17, 15) is 22.0 Å². The first-order valence-corrected chi connectivity index (χ1v) is 2.44. The van der Waals surface area contributed by atoms with Gasteiger partial charge < -0.3 is 0 Å². The van der Waals surface area contributed by atoms with Crippen LogP contribution in [0.15, 0.2) is 0 Å². The maximum absolute atomic E-state index is 12.0. The maximum Gasteiger partial charge on any atom is 1.00 e. The molecule has 0 saturated heterocycles. The molecule has 0 heterocycles. The molecule has 0 aliphatic heterocycles. The van der Waals surface area contributed by atoms with Crippen molar-refractivity contribution in [3.8, 4) is 0 Å². The van der Waals surface area contributed by atoms with Crippen molar-refractivity contribution in [3.05, 3.63) is 35.2 Å². The summed E-state index contributed by atoms with van der Waals surface area (Å²) in [6, 6.07) is 1.02. The van der Waals surface area contributed by atoms with Gasteiger partial charge in [-0.1, -0.05) is 0 Å². The second kappa shape index (κ2) is 3.94. The Labute approximate surface area is 77.1 Å². The van der Waals surface area contributed by atoms with Crippen LogP contribution in [0.25, 0.3) is 0 Å². The first-order valence-electron chi connectivity index (χ1n) is 2.44. The van der Waals surface area contributed by atoms with Crippen LogP contribution >= 0.6 is 0 Å². The van der Waals surface area contributed by atoms with E-state index in [1.54, 1.807) is 0 Å². The summed E-state index contributed by atoms with van der Waals surface area (Å²) < 4.78 is 59.9. The standard InChI is InChI=1S/C6F5.Ru/c7-2-1-3(8)5(10)6(11)4(2)9;/q-1;+1. The zero-order chi connectivity index (χ0) is 8.59. The molecule has 0 spiro atoms. The van der Waals surface area contributed by atoms with E-state index in [1.165, 1.54) is 0 Å². The Morgan fingerprint density at radius 3 is 1.33 bits per heavy atom. The smallest absolute Gasteiger partial charge is 0.278 e. The van der Waals surface area contributed by atoms with Crippen LogP contribution in [0.2, 0.25) is 0 Å². The summed E-state index contributed by atoms with van der Waals surface area (Å²) in [5.41, 5.74) is 0. The fraction of sp³-hybridized carbons (Fsp3) is 0. The topological polar surface area (TPSA) is 0 Å². The third-order valence-corrected chi connectivity index (χ3v) is 0.990. The van der Waals surface area contributed by atoms with Crippen molar-refractivity contribution in [1.82, 2.24) is 0 Å². The fourth-order valence-electron chi connectivity index (χ4n) is 0.495. The molecule has 0 saturated carbocycles. The average molecular weight is 268 g/mol. The second-order valence-corrected chi connectivity index (χ2v) is 1.69. The van der Waals surface area contributed by atoms with Gasteiger partial charge in [-0.15, -0.1) is 6.07 Å². The Balaban J connectivity index is 0.00000121. The van der Waals surface area contributed by atoms with Gasteiger partial charge in [-0.2, -0.15) is 0 Å². The van der Waals surface area contributed by atoms with Crippen LogP contribution in [0, 0.1) is 35.2 Å². The van der Waals surface area contributed by atoms with E-state index < -0.39 is 29.1 Å². The molecule has 0 atom stereocenters. The molecule has 0 fully saturated rings. The molecule has 0 bridgehead atoms. The van der Waals surface area contributed by atoms with Crippen molar-refractivity contribution >= 4 is 0 Å². The van der Waals surface area contributed by atoms with Crippen molar-refractivity contribution in [3.63, 3.8) is 0 Å². The summed E-state index contributed by atoms with van der Waals surface area (Å²) >= 11 is 0. The van der Waals surface area contributed by atoms with Gasteiger partial charge in [0, 0.05) is 0 Å². The van der Waals surface area contributed by atoms with Crippen LogP contribution in [0.3, 0.4) is 0 Å². The molecule has 0 nitrogen and oxygen atoms in total. The average Bonchev–Trinajstić information content (AvgIpc) is 1.97. The normalized spacial score (nSPS) is 9.42. The van der Waals surface area contributed by atoms with Gasteiger partial charge in [-0.3, -0.25) is 8.78 Å². The van der Waals surface area contributed by atoms with E-state index in [1.807, 2.05) is 0 Å². The zero-order valence-electron chi connectivity index (χ0n) is 5.24. The fourth-order valence-corrected chi connectivity index (χ4v) is 0.495. The molecule has 0 aliphatic rings. The third-order valence-electron chi connectivity index (χ3n) is 0.990. The number of halogens is 5. The van der Waals surface area contributed by atoms with E-state index in [-0.39, 0.29) is 19.5 Å². The molecule has 12 heavy (non-hydrogen) atoms. The van der Waals surface area contributed by atoms with Gasteiger partial charge in [0.15, 0.2) is 0 Å². The summed E-state index contributed by atoms with van der Waals surface area (Å²) in [6.07, 6.45) is 0. The van der Waals surface area contributed by atoms with Crippen molar-refractivity contribution in [2.24, 2.45) is 0 Å². The molecule has 0 aromatic heterocycles. The van der Waals surface area contributed by atoms with Gasteiger partial charge >= 0.3 is 19.5 Å². The molecule has 0 unspecified atom stereocenters. The minimum atomic E-state index is -2.17. The van der Waals surface area contributed by atoms with E-state index in [0.29, 0.717) is 0 Å². The quantitative estimate of drug-likeness (QED) is 0.222. The largest absolute Gasteiger partial charge is 1.00 e. The van der Waals surface area contributed by atoms with Gasteiger partial charge in [0.05, 0.1) is 29.1 Å². The summed E-state index contributed by atoms with van der Waals surface area (Å²) in [7, 11) is 0. The number of benzene rings is 1. The van der Waals surface area contributed by atoms with Crippen LogP contribution in [0.1, 0.15) is 0 Å². The van der Waals surface area contributed by atoms with Crippen molar-refractivity contribution in [1.29, 1.82) is 0 Å². The van der Waals surface area contributed by atoms with E-state index in [0.717, 1.165) is 6.07 Å². The SMILES string of the molecule is Fc1[c-]c(F)c(F)c(F)c1F.[Ru+]. The third kappa shape index (κ3) is 1.80. The predicted molar refractivity (Wildman–Crippen MR) is 25.1 cm³/mol. The number of rotatable bonds is 0. The minimum Gasteiger partial charge on any atom is -0.278 e. The van der Waals surface area contributed by atoms with Gasteiger partial charge in [-0.05, 0) is 0 Å². The van der Waals surface area contributed by atoms with Crippen LogP contribution in [0.4, 0.5) is 22.0 Å². The summed E-state index contributed by atoms with van der Waals surface area (Å²) in [4.78, 5) is 0. The Kier molecular flexibility index (Phi) is 3.77. The van der Waals surface area contributed by atoms with Crippen molar-refractivity contribution in [2.75, 3.05) is 0 Å². The number of hydrogen-bond acceptors (Lipinski definition) is 0. The first-order chi connectivity index (χ1) is 5.04. The summed E-state index contributed by atoms with van der Waals surface area (Å²) in [5, 5.41) is 0. The van der Waals surface area contributed by atoms with Crippen LogP contribution in [-0.4, -0.2) is 0 Å². The Bertz CT molecular complexity index is 272. The Hall–Kier alpha value is -0.507. The summed E-state index contributed by atoms with van der Waals surface area (Å²) in [5.74, 6) is -10.0. The van der Waals surface area contributed by atoms with Crippen LogP contribution < -0.4 is 0 Å². The van der Waals surface area contributed by atoms with Gasteiger partial charge in [0.2, 0.25) is 0 Å². The minimum absolute atomic E-state index is 0. The molecule has 1 aromatic carbocycles. The van der Waals surface area contributed by atoms with Gasteiger partial charge in [0.25, 0.3) is 0 Å². The molecule has 1 rings (SSSR count). The first kappa shape index (κ1) is 11.5. The Morgan fingerprint density at radius 1 is 0.667 bits per heavy atom. The summed E-state index contributed by atoms with van der Waals surface area (Å²) in [6.45, 7) is 0. The van der Waals surface area contributed by atoms with E-state index >= 15 is 0 Å². The van der Waals surface area contributed by atoms with E-state index in [2.05, 4.69) is 0 Å². The molecule has 0 amide bonds. The molecule has 6 heteroatoms. The van der Waals surface area contributed by atoms with Crippen molar-refractivity contribution < 1.29 is 41.4 Å². The zero-order valence-corrected chi connectivity index (χ0v) is 6.98. The Morgan fingerprint density at radius 2 is 1.00 bits per heavy atom. The number of hydrogen-bond donors (Lipinski definition) is 0. The van der Waals surface area contributed by atoms with Crippen LogP contribution in [-0.2, 0) is 19.5 Å². The molecule has 0 aliphatic carbocycles. The van der Waals surface area contributed by atoms with E-state index in [4.69, 9.17) is 0 Å². The van der Waals surface area contributed by atoms with Crippen LogP contribution in [0.5, 0.6) is 0 Å². The van der Waals surface area contributed by atoms with Crippen molar-refractivity contribution in [2.45, 2.75) is 0 Å². The molecular weight excluding hydrogens is 268 g/mol. The second-order valence-electron chi connectivity index (χ2n) is 1.69.